The van der Waals surface area contributed by atoms with Crippen LogP contribution in [0.1, 0.15) is 34.1 Å². The molecule has 0 aliphatic carbocycles. The lowest BCUT2D eigenvalue weighted by molar-refractivity contribution is -0.384. The third-order valence-corrected chi connectivity index (χ3v) is 2.22. The molecule has 0 amide bonds. The average molecular weight is 270 g/mol. The van der Waals surface area contributed by atoms with E-state index in [4.69, 9.17) is 14.2 Å². The van der Waals surface area contributed by atoms with Crippen molar-refractivity contribution in [3.05, 3.63) is 25.3 Å². The highest BCUT2D eigenvalue weighted by atomic mass is 16.9. The molecule has 0 fully saturated rings. The molecule has 0 aromatic heterocycles. The van der Waals surface area contributed by atoms with E-state index in [9.17, 15) is 9.59 Å². The van der Waals surface area contributed by atoms with Crippen molar-refractivity contribution in [3.63, 3.8) is 0 Å². The molecule has 19 heavy (non-hydrogen) atoms. The largest absolute Gasteiger partial charge is 0.394 e. The first kappa shape index (κ1) is 17.4. The summed E-state index contributed by atoms with van der Waals surface area (Å²) in [4.78, 5) is 22.9. The minimum Gasteiger partial charge on any atom is -0.394 e. The molecule has 108 valence electrons. The highest BCUT2D eigenvalue weighted by molar-refractivity contribution is 5.83. The van der Waals surface area contributed by atoms with Gasteiger partial charge in [0.05, 0.1) is 12.0 Å². The first-order chi connectivity index (χ1) is 8.72. The van der Waals surface area contributed by atoms with E-state index in [2.05, 4.69) is 13.2 Å². The summed E-state index contributed by atoms with van der Waals surface area (Å²) in [5.41, 5.74) is -0.778. The number of carbonyl (C=O) groups excluding carboxylic acids is 2. The number of hydrogen-bond donors (Lipinski definition) is 0. The Balaban J connectivity index is 5.42. The van der Waals surface area contributed by atoms with Gasteiger partial charge in [-0.3, -0.25) is 0 Å². The number of carbonyl (C=O) groups is 2. The van der Waals surface area contributed by atoms with Crippen LogP contribution < -0.4 is 0 Å². The van der Waals surface area contributed by atoms with Crippen molar-refractivity contribution in [2.75, 3.05) is 6.61 Å². The zero-order chi connectivity index (χ0) is 15.1. The van der Waals surface area contributed by atoms with Gasteiger partial charge in [0.2, 0.25) is 0 Å². The second-order valence-electron chi connectivity index (χ2n) is 4.91. The van der Waals surface area contributed by atoms with Crippen molar-refractivity contribution in [1.82, 2.24) is 0 Å². The molecule has 0 saturated heterocycles. The molecule has 0 saturated carbocycles. The van der Waals surface area contributed by atoms with Gasteiger partial charge in [-0.1, -0.05) is 20.1 Å². The van der Waals surface area contributed by atoms with E-state index in [0.717, 1.165) is 12.2 Å². The molecule has 0 spiro atoms. The maximum Gasteiger partial charge on any atom is 0.381 e. The fraction of sp³-hybridized carbons (Fsp3) is 0.571. The van der Waals surface area contributed by atoms with Crippen LogP contribution in [0.4, 0.5) is 0 Å². The van der Waals surface area contributed by atoms with Crippen molar-refractivity contribution in [3.8, 4) is 0 Å². The van der Waals surface area contributed by atoms with Gasteiger partial charge in [0, 0.05) is 12.2 Å². The molecule has 5 nitrogen and oxygen atoms in total. The number of hydrogen-bond acceptors (Lipinski definition) is 5. The molecule has 0 aromatic rings. The summed E-state index contributed by atoms with van der Waals surface area (Å²) in [5, 5.41) is 0. The average Bonchev–Trinajstić information content (AvgIpc) is 2.33. The van der Waals surface area contributed by atoms with Crippen LogP contribution in [0.2, 0.25) is 0 Å². The summed E-state index contributed by atoms with van der Waals surface area (Å²) < 4.78 is 15.8. The van der Waals surface area contributed by atoms with E-state index in [-0.39, 0.29) is 6.61 Å². The number of rotatable bonds is 7. The predicted octanol–water partition coefficient (Wildman–Crippen LogP) is 2.57. The Hall–Kier alpha value is -1.62. The number of ether oxygens (including phenoxy) is 3. The Morgan fingerprint density at radius 3 is 1.74 bits per heavy atom. The Bertz CT molecular complexity index is 329. The van der Waals surface area contributed by atoms with Crippen LogP contribution in [-0.2, 0) is 23.8 Å². The molecular weight excluding hydrogens is 248 g/mol. The van der Waals surface area contributed by atoms with Crippen molar-refractivity contribution in [1.29, 1.82) is 0 Å². The van der Waals surface area contributed by atoms with Crippen LogP contribution in [0, 0.1) is 5.41 Å². The second kappa shape index (κ2) is 7.09. The normalized spacial score (nSPS) is 11.6. The number of esters is 2. The SMILES string of the molecule is C=CC(=O)OC(OCCC)(OC(=O)C=C)C(C)(C)C. The lowest BCUT2D eigenvalue weighted by Crippen LogP contribution is -2.52. The van der Waals surface area contributed by atoms with Gasteiger partial charge in [-0.2, -0.15) is 0 Å². The lowest BCUT2D eigenvalue weighted by atomic mass is 9.92. The summed E-state index contributed by atoms with van der Waals surface area (Å²) in [6.07, 6.45) is 2.64. The maximum absolute atomic E-state index is 11.5. The van der Waals surface area contributed by atoms with E-state index in [1.54, 1.807) is 20.8 Å². The molecule has 0 heterocycles. The van der Waals surface area contributed by atoms with Crippen molar-refractivity contribution in [2.45, 2.75) is 40.1 Å². The molecule has 5 heteroatoms. The van der Waals surface area contributed by atoms with Crippen LogP contribution in [0.5, 0.6) is 0 Å². The monoisotopic (exact) mass is 270 g/mol. The van der Waals surface area contributed by atoms with Crippen LogP contribution in [0.15, 0.2) is 25.3 Å². The smallest absolute Gasteiger partial charge is 0.381 e. The van der Waals surface area contributed by atoms with E-state index >= 15 is 0 Å². The summed E-state index contributed by atoms with van der Waals surface area (Å²) >= 11 is 0. The Labute approximate surface area is 114 Å². The van der Waals surface area contributed by atoms with E-state index in [1.165, 1.54) is 0 Å². The summed E-state index contributed by atoms with van der Waals surface area (Å²) in [7, 11) is 0. The first-order valence-corrected chi connectivity index (χ1v) is 6.07. The van der Waals surface area contributed by atoms with Gasteiger partial charge < -0.3 is 14.2 Å². The first-order valence-electron chi connectivity index (χ1n) is 6.07. The minimum atomic E-state index is -1.81. The van der Waals surface area contributed by atoms with E-state index in [1.807, 2.05) is 6.92 Å². The van der Waals surface area contributed by atoms with Gasteiger partial charge in [0.1, 0.15) is 0 Å². The standard InChI is InChI=1S/C14H22O5/c1-7-10-17-14(13(4,5)6,18-11(15)8-2)19-12(16)9-3/h8-9H,2-3,7,10H2,1,4-6H3. The minimum absolute atomic E-state index is 0.270. The molecule has 0 unspecified atom stereocenters. The van der Waals surface area contributed by atoms with Crippen LogP contribution in [-0.4, -0.2) is 24.5 Å². The van der Waals surface area contributed by atoms with Gasteiger partial charge >= 0.3 is 17.9 Å². The summed E-state index contributed by atoms with van der Waals surface area (Å²) in [5.74, 6) is -3.27. The molecule has 0 atom stereocenters. The Morgan fingerprint density at radius 1 is 1.05 bits per heavy atom. The molecular formula is C14H22O5. The summed E-state index contributed by atoms with van der Waals surface area (Å²) in [6, 6.07) is 0. The van der Waals surface area contributed by atoms with Gasteiger partial charge in [-0.05, 0) is 27.2 Å². The second-order valence-corrected chi connectivity index (χ2v) is 4.91. The molecule has 0 aromatic carbocycles. The maximum atomic E-state index is 11.5. The fourth-order valence-corrected chi connectivity index (χ4v) is 1.19. The molecule has 0 aliphatic heterocycles. The molecule has 0 aliphatic rings. The van der Waals surface area contributed by atoms with Crippen molar-refractivity contribution < 1.29 is 23.8 Å². The van der Waals surface area contributed by atoms with Gasteiger partial charge in [0.15, 0.2) is 0 Å². The summed E-state index contributed by atoms with van der Waals surface area (Å²) in [6.45, 7) is 14.0. The topological polar surface area (TPSA) is 61.8 Å². The van der Waals surface area contributed by atoms with Crippen molar-refractivity contribution >= 4 is 11.9 Å². The van der Waals surface area contributed by atoms with E-state index in [0.29, 0.717) is 6.42 Å². The van der Waals surface area contributed by atoms with Crippen LogP contribution in [0.3, 0.4) is 0 Å². The lowest BCUT2D eigenvalue weighted by Gasteiger charge is -2.40. The predicted molar refractivity (Wildman–Crippen MR) is 71.0 cm³/mol. The zero-order valence-electron chi connectivity index (χ0n) is 12.0. The quantitative estimate of drug-likeness (QED) is 0.404. The van der Waals surface area contributed by atoms with Crippen molar-refractivity contribution in [2.24, 2.45) is 5.41 Å². The highest BCUT2D eigenvalue weighted by Gasteiger charge is 2.51. The molecule has 0 radical (unpaired) electrons. The molecule has 0 bridgehead atoms. The Kier molecular flexibility index (Phi) is 6.48. The third kappa shape index (κ3) is 4.87. The van der Waals surface area contributed by atoms with E-state index < -0.39 is 23.3 Å². The fourth-order valence-electron chi connectivity index (χ4n) is 1.19. The molecule has 0 rings (SSSR count). The van der Waals surface area contributed by atoms with Crippen LogP contribution in [0.25, 0.3) is 0 Å². The highest BCUT2D eigenvalue weighted by Crippen LogP contribution is 2.37. The van der Waals surface area contributed by atoms with Gasteiger partial charge in [0.25, 0.3) is 0 Å². The van der Waals surface area contributed by atoms with Gasteiger partial charge in [-0.15, -0.1) is 0 Å². The zero-order valence-corrected chi connectivity index (χ0v) is 12.0. The van der Waals surface area contributed by atoms with Crippen LogP contribution >= 0.6 is 0 Å². The van der Waals surface area contributed by atoms with Gasteiger partial charge in [-0.25, -0.2) is 9.59 Å². The third-order valence-electron chi connectivity index (χ3n) is 2.22. The molecule has 0 N–H and O–H groups in total. The Morgan fingerprint density at radius 2 is 1.47 bits per heavy atom.